The Balaban J connectivity index is 1.85. The largest absolute Gasteiger partial charge is 0.497 e. The third-order valence-corrected chi connectivity index (χ3v) is 4.30. The average molecular weight is 453 g/mol. The number of hydrogen-bond acceptors (Lipinski definition) is 8. The molecule has 0 bridgehead atoms. The van der Waals surface area contributed by atoms with Gasteiger partial charge in [-0.3, -0.25) is 4.79 Å². The third-order valence-electron chi connectivity index (χ3n) is 4.30. The highest BCUT2D eigenvalue weighted by molar-refractivity contribution is 6.04. The van der Waals surface area contributed by atoms with Crippen LogP contribution in [0.2, 0.25) is 0 Å². The lowest BCUT2D eigenvalue weighted by Gasteiger charge is -2.15. The van der Waals surface area contributed by atoms with Crippen LogP contribution in [0.15, 0.2) is 54.7 Å². The summed E-state index contributed by atoms with van der Waals surface area (Å²) in [6.45, 7) is 2.13. The quantitative estimate of drug-likeness (QED) is 0.472. The van der Waals surface area contributed by atoms with E-state index in [-0.39, 0.29) is 34.8 Å². The Kier molecular flexibility index (Phi) is 7.77. The van der Waals surface area contributed by atoms with Gasteiger partial charge in [0.25, 0.3) is 5.91 Å². The van der Waals surface area contributed by atoms with E-state index in [1.165, 1.54) is 24.3 Å². The number of aromatic carboxylic acids is 1. The van der Waals surface area contributed by atoms with Crippen LogP contribution in [0, 0.1) is 0 Å². The summed E-state index contributed by atoms with van der Waals surface area (Å²) in [5, 5.41) is 11.6. The molecule has 33 heavy (non-hydrogen) atoms. The second-order valence-corrected chi connectivity index (χ2v) is 6.89. The summed E-state index contributed by atoms with van der Waals surface area (Å²) in [6, 6.07) is 12.5. The normalized spacial score (nSPS) is 11.4. The van der Waals surface area contributed by atoms with Crippen molar-refractivity contribution in [2.45, 2.75) is 13.0 Å². The maximum Gasteiger partial charge on any atom is 0.337 e. The van der Waals surface area contributed by atoms with Crippen molar-refractivity contribution in [3.05, 3.63) is 65.9 Å². The van der Waals surface area contributed by atoms with Crippen LogP contribution >= 0.6 is 0 Å². The molecule has 10 heteroatoms. The first-order valence-electron chi connectivity index (χ1n) is 9.88. The number of carbonyl (C=O) groups excluding carboxylic acids is 1. The molecule has 2 N–H and O–H groups in total. The van der Waals surface area contributed by atoms with Gasteiger partial charge >= 0.3 is 5.97 Å². The van der Waals surface area contributed by atoms with Crippen LogP contribution in [0.4, 0.5) is 5.82 Å². The number of ether oxygens (including phenoxy) is 4. The predicted octanol–water partition coefficient (Wildman–Crippen LogP) is 3.64. The number of rotatable bonds is 10. The van der Waals surface area contributed by atoms with E-state index in [0.29, 0.717) is 18.1 Å². The van der Waals surface area contributed by atoms with Crippen LogP contribution in [-0.2, 0) is 4.74 Å². The third kappa shape index (κ3) is 6.65. The first-order chi connectivity index (χ1) is 15.9. The van der Waals surface area contributed by atoms with Gasteiger partial charge in [0, 0.05) is 25.4 Å². The Bertz CT molecular complexity index is 1100. The zero-order chi connectivity index (χ0) is 23.8. The van der Waals surface area contributed by atoms with Crippen molar-refractivity contribution in [2.75, 3.05) is 26.1 Å². The Hall–Kier alpha value is -4.18. The van der Waals surface area contributed by atoms with E-state index in [9.17, 15) is 9.59 Å². The summed E-state index contributed by atoms with van der Waals surface area (Å²) in [5.74, 6) is 0.0460. The number of carboxylic acids is 1. The van der Waals surface area contributed by atoms with Gasteiger partial charge in [-0.05, 0) is 43.3 Å². The van der Waals surface area contributed by atoms with Gasteiger partial charge in [-0.25, -0.2) is 9.78 Å². The van der Waals surface area contributed by atoms with Gasteiger partial charge < -0.3 is 29.4 Å². The van der Waals surface area contributed by atoms with E-state index >= 15 is 0 Å². The number of carbonyl (C=O) groups is 2. The number of anilines is 1. The molecule has 172 valence electrons. The van der Waals surface area contributed by atoms with Gasteiger partial charge in [-0.2, -0.15) is 4.98 Å². The minimum Gasteiger partial charge on any atom is -0.497 e. The number of nitrogens with one attached hydrogen (secondary N) is 1. The second kappa shape index (κ2) is 10.9. The number of hydrogen-bond donors (Lipinski definition) is 2. The van der Waals surface area contributed by atoms with Crippen molar-refractivity contribution < 1.29 is 33.6 Å². The molecule has 0 aliphatic carbocycles. The van der Waals surface area contributed by atoms with Crippen LogP contribution in [0.1, 0.15) is 27.6 Å². The van der Waals surface area contributed by atoms with E-state index in [2.05, 4.69) is 15.3 Å². The molecule has 3 rings (SSSR count). The molecule has 1 aromatic carbocycles. The molecule has 0 aliphatic heterocycles. The molecular formula is C23H23N3O7. The Labute approximate surface area is 190 Å². The van der Waals surface area contributed by atoms with Crippen LogP contribution in [0.25, 0.3) is 0 Å². The number of aromatic nitrogens is 2. The lowest BCUT2D eigenvalue weighted by molar-refractivity contribution is 0.0696. The highest BCUT2D eigenvalue weighted by atomic mass is 16.5. The maximum absolute atomic E-state index is 12.8. The van der Waals surface area contributed by atoms with Crippen molar-refractivity contribution in [1.82, 2.24) is 9.97 Å². The summed E-state index contributed by atoms with van der Waals surface area (Å²) < 4.78 is 21.8. The average Bonchev–Trinajstić information content (AvgIpc) is 2.80. The van der Waals surface area contributed by atoms with Gasteiger partial charge in [0.1, 0.15) is 23.4 Å². The van der Waals surface area contributed by atoms with E-state index in [4.69, 9.17) is 24.1 Å². The van der Waals surface area contributed by atoms with Gasteiger partial charge in [-0.1, -0.05) is 0 Å². The fourth-order valence-electron chi connectivity index (χ4n) is 2.75. The molecule has 2 heterocycles. The monoisotopic (exact) mass is 453 g/mol. The number of pyridine rings is 2. The first-order valence-corrected chi connectivity index (χ1v) is 9.88. The fourth-order valence-corrected chi connectivity index (χ4v) is 2.75. The van der Waals surface area contributed by atoms with Crippen molar-refractivity contribution in [1.29, 1.82) is 0 Å². The Morgan fingerprint density at radius 3 is 2.30 bits per heavy atom. The number of benzene rings is 1. The van der Waals surface area contributed by atoms with Crippen LogP contribution in [0.3, 0.4) is 0 Å². The molecule has 2 aromatic heterocycles. The molecule has 0 spiro atoms. The van der Waals surface area contributed by atoms with Crippen molar-refractivity contribution >= 4 is 17.7 Å². The number of methoxy groups -OCH3 is 2. The van der Waals surface area contributed by atoms with Crippen molar-refractivity contribution in [3.8, 4) is 23.3 Å². The topological polar surface area (TPSA) is 129 Å². The predicted molar refractivity (Wildman–Crippen MR) is 118 cm³/mol. The van der Waals surface area contributed by atoms with E-state index in [1.807, 2.05) is 0 Å². The molecule has 0 unspecified atom stereocenters. The molecule has 1 atom stereocenters. The van der Waals surface area contributed by atoms with Crippen LogP contribution < -0.4 is 19.5 Å². The molecule has 0 saturated carbocycles. The van der Waals surface area contributed by atoms with E-state index in [1.54, 1.807) is 45.4 Å². The zero-order valence-corrected chi connectivity index (χ0v) is 18.3. The Morgan fingerprint density at radius 2 is 1.70 bits per heavy atom. The molecule has 0 saturated heterocycles. The number of carboxylic acid groups (broad SMARTS) is 1. The van der Waals surface area contributed by atoms with E-state index in [0.717, 1.165) is 6.20 Å². The van der Waals surface area contributed by atoms with E-state index < -0.39 is 11.9 Å². The maximum atomic E-state index is 12.8. The SMILES string of the molecule is COC[C@@H](C)Oc1cc(C(=O)Nc2ccc(C(=O)O)cn2)cc(Oc2ccc(OC)cc2)n1. The molecule has 0 fully saturated rings. The second-order valence-electron chi connectivity index (χ2n) is 6.89. The minimum absolute atomic E-state index is 0.00917. The van der Waals surface area contributed by atoms with Gasteiger partial charge in [-0.15, -0.1) is 0 Å². The smallest absolute Gasteiger partial charge is 0.337 e. The van der Waals surface area contributed by atoms with Crippen molar-refractivity contribution in [2.24, 2.45) is 0 Å². The highest BCUT2D eigenvalue weighted by Gasteiger charge is 2.15. The molecule has 10 nitrogen and oxygen atoms in total. The van der Waals surface area contributed by atoms with Gasteiger partial charge in [0.15, 0.2) is 0 Å². The summed E-state index contributed by atoms with van der Waals surface area (Å²) in [4.78, 5) is 32.1. The number of nitrogens with zero attached hydrogens (tertiary/aromatic N) is 2. The molecular weight excluding hydrogens is 430 g/mol. The lowest BCUT2D eigenvalue weighted by Crippen LogP contribution is -2.19. The number of amides is 1. The Morgan fingerprint density at radius 1 is 1.00 bits per heavy atom. The summed E-state index contributed by atoms with van der Waals surface area (Å²) in [6.07, 6.45) is 0.837. The molecule has 3 aromatic rings. The summed E-state index contributed by atoms with van der Waals surface area (Å²) in [7, 11) is 3.12. The van der Waals surface area contributed by atoms with Gasteiger partial charge in [0.2, 0.25) is 11.8 Å². The van der Waals surface area contributed by atoms with Crippen molar-refractivity contribution in [3.63, 3.8) is 0 Å². The van der Waals surface area contributed by atoms with Gasteiger partial charge in [0.05, 0.1) is 24.8 Å². The summed E-state index contributed by atoms with van der Waals surface area (Å²) in [5.41, 5.74) is 0.215. The zero-order valence-electron chi connectivity index (χ0n) is 18.3. The minimum atomic E-state index is -1.11. The fraction of sp³-hybridized carbons (Fsp3) is 0.217. The summed E-state index contributed by atoms with van der Waals surface area (Å²) >= 11 is 0. The molecule has 1 amide bonds. The first kappa shape index (κ1) is 23.5. The van der Waals surface area contributed by atoms with Crippen LogP contribution in [0.5, 0.6) is 23.3 Å². The lowest BCUT2D eigenvalue weighted by atomic mass is 10.2. The highest BCUT2D eigenvalue weighted by Crippen LogP contribution is 2.26. The molecule has 0 radical (unpaired) electrons. The molecule has 0 aliphatic rings. The van der Waals surface area contributed by atoms with Crippen LogP contribution in [-0.4, -0.2) is 53.9 Å². The standard InChI is InChI=1S/C23H23N3O7/c1-14(13-30-2)32-20-10-16(22(27)25-19-9-4-15(12-24-19)23(28)29)11-21(26-20)33-18-7-5-17(31-3)6-8-18/h4-12,14H,13H2,1-3H3,(H,28,29)(H,24,25,27)/t14-/m1/s1.